The maximum atomic E-state index is 11.7. The fourth-order valence-corrected chi connectivity index (χ4v) is 6.65. The van der Waals surface area contributed by atoms with E-state index in [0.29, 0.717) is 17.7 Å². The Kier molecular flexibility index (Phi) is 6.56. The van der Waals surface area contributed by atoms with Crippen LogP contribution < -0.4 is 5.73 Å². The van der Waals surface area contributed by atoms with Gasteiger partial charge in [0.1, 0.15) is 11.3 Å². The molecule has 0 unspecified atom stereocenters. The third kappa shape index (κ3) is 4.47. The molecule has 5 heterocycles. The molecule has 1 amide bonds. The molecule has 2 aliphatic heterocycles. The number of fused-ring (bicyclic) bond motifs is 3. The highest BCUT2D eigenvalue weighted by Crippen LogP contribution is 2.40. The van der Waals surface area contributed by atoms with E-state index >= 15 is 0 Å². The predicted octanol–water partition coefficient (Wildman–Crippen LogP) is 4.72. The Morgan fingerprint density at radius 2 is 1.97 bits per heavy atom. The number of piperidine rings is 1. The Morgan fingerprint density at radius 3 is 2.67 bits per heavy atom. The number of nitrogens with zero attached hydrogens (tertiary/aromatic N) is 4. The number of nitrogen functional groups attached to an aromatic ring is 1. The van der Waals surface area contributed by atoms with Crippen LogP contribution in [0.15, 0.2) is 6.07 Å². The van der Waals surface area contributed by atoms with Gasteiger partial charge in [-0.2, -0.15) is 0 Å². The van der Waals surface area contributed by atoms with Crippen LogP contribution >= 0.6 is 11.3 Å². The number of pyridine rings is 1. The van der Waals surface area contributed by atoms with Crippen molar-refractivity contribution in [3.05, 3.63) is 16.8 Å². The molecule has 0 atom stereocenters. The van der Waals surface area contributed by atoms with Gasteiger partial charge in [-0.15, -0.1) is 11.3 Å². The lowest BCUT2D eigenvalue weighted by Crippen LogP contribution is -2.36. The largest absolute Gasteiger partial charge is 0.382 e. The highest BCUT2D eigenvalue weighted by Gasteiger charge is 2.26. The lowest BCUT2D eigenvalue weighted by atomic mass is 9.95. The van der Waals surface area contributed by atoms with Crippen molar-refractivity contribution in [1.82, 2.24) is 19.4 Å². The van der Waals surface area contributed by atoms with Gasteiger partial charge in [0, 0.05) is 51.1 Å². The number of amides is 1. The van der Waals surface area contributed by atoms with Gasteiger partial charge in [0.15, 0.2) is 5.82 Å². The number of hydrogen-bond acceptors (Lipinski definition) is 6. The van der Waals surface area contributed by atoms with Gasteiger partial charge in [0.2, 0.25) is 5.91 Å². The van der Waals surface area contributed by atoms with Crippen molar-refractivity contribution in [2.24, 2.45) is 5.92 Å². The minimum Gasteiger partial charge on any atom is -0.382 e. The van der Waals surface area contributed by atoms with Crippen LogP contribution in [0.25, 0.3) is 21.3 Å². The minimum atomic E-state index is 0.178. The second-order valence-corrected chi connectivity index (χ2v) is 10.7. The number of ether oxygens (including phenoxy) is 1. The molecule has 0 saturated carbocycles. The summed E-state index contributed by atoms with van der Waals surface area (Å²) in [7, 11) is 0. The van der Waals surface area contributed by atoms with E-state index in [-0.39, 0.29) is 5.91 Å². The van der Waals surface area contributed by atoms with Crippen molar-refractivity contribution < 1.29 is 9.53 Å². The van der Waals surface area contributed by atoms with E-state index in [1.807, 2.05) is 16.2 Å². The fourth-order valence-electron chi connectivity index (χ4n) is 5.33. The van der Waals surface area contributed by atoms with Gasteiger partial charge >= 0.3 is 0 Å². The van der Waals surface area contributed by atoms with Gasteiger partial charge in [-0.1, -0.05) is 13.3 Å². The zero-order chi connectivity index (χ0) is 22.9. The number of carbonyl (C=O) groups excluding carboxylic acids is 1. The van der Waals surface area contributed by atoms with Crippen molar-refractivity contribution in [1.29, 1.82) is 0 Å². The van der Waals surface area contributed by atoms with Crippen molar-refractivity contribution in [2.75, 3.05) is 32.0 Å². The number of unbranched alkanes of at least 4 members (excludes halogenated alkanes) is 1. The number of imidazole rings is 1. The van der Waals surface area contributed by atoms with Crippen LogP contribution in [0.5, 0.6) is 0 Å². The van der Waals surface area contributed by atoms with E-state index in [9.17, 15) is 4.79 Å². The van der Waals surface area contributed by atoms with E-state index in [0.717, 1.165) is 94.7 Å². The number of likely N-dealkylation sites (tertiary alicyclic amines) is 1. The average molecular weight is 470 g/mol. The summed E-state index contributed by atoms with van der Waals surface area (Å²) in [5.74, 6) is 2.94. The number of rotatable bonds is 6. The molecule has 178 valence electrons. The summed E-state index contributed by atoms with van der Waals surface area (Å²) in [6, 6.07) is 2.24. The zero-order valence-electron chi connectivity index (χ0n) is 19.8. The van der Waals surface area contributed by atoms with Gasteiger partial charge in [-0.3, -0.25) is 4.79 Å². The molecule has 0 radical (unpaired) electrons. The second-order valence-electron chi connectivity index (χ2n) is 9.64. The molecule has 3 aromatic heterocycles. The number of thiophene rings is 1. The number of hydrogen-bond donors (Lipinski definition) is 1. The molecule has 5 rings (SSSR count). The Bertz CT molecular complexity index is 1140. The van der Waals surface area contributed by atoms with E-state index in [4.69, 9.17) is 20.4 Å². The highest BCUT2D eigenvalue weighted by atomic mass is 32.1. The van der Waals surface area contributed by atoms with E-state index in [2.05, 4.69) is 17.6 Å². The van der Waals surface area contributed by atoms with Gasteiger partial charge in [0.25, 0.3) is 0 Å². The fraction of sp³-hybridized carbons (Fsp3) is 0.640. The molecular weight excluding hydrogens is 434 g/mol. The van der Waals surface area contributed by atoms with Crippen LogP contribution in [-0.2, 0) is 22.5 Å². The molecule has 0 bridgehead atoms. The molecule has 2 aliphatic rings. The van der Waals surface area contributed by atoms with Crippen molar-refractivity contribution in [2.45, 2.75) is 71.3 Å². The first kappa shape index (κ1) is 22.6. The molecule has 0 aliphatic carbocycles. The van der Waals surface area contributed by atoms with Crippen LogP contribution in [0.2, 0.25) is 0 Å². The van der Waals surface area contributed by atoms with Gasteiger partial charge < -0.3 is 19.9 Å². The third-order valence-corrected chi connectivity index (χ3v) is 8.65. The highest BCUT2D eigenvalue weighted by molar-refractivity contribution is 7.20. The van der Waals surface area contributed by atoms with Crippen LogP contribution in [0.3, 0.4) is 0 Å². The van der Waals surface area contributed by atoms with Gasteiger partial charge in [-0.25, -0.2) is 9.97 Å². The minimum absolute atomic E-state index is 0.178. The first-order chi connectivity index (χ1) is 16.0. The van der Waals surface area contributed by atoms with E-state index in [1.165, 1.54) is 15.1 Å². The first-order valence-corrected chi connectivity index (χ1v) is 13.3. The monoisotopic (exact) mass is 469 g/mol. The quantitative estimate of drug-likeness (QED) is 0.564. The predicted molar refractivity (Wildman–Crippen MR) is 134 cm³/mol. The van der Waals surface area contributed by atoms with Crippen molar-refractivity contribution >= 4 is 44.3 Å². The second kappa shape index (κ2) is 9.58. The number of carbonyl (C=O) groups is 1. The molecule has 2 fully saturated rings. The number of aryl methyl sites for hydroxylation is 1. The molecule has 3 aromatic rings. The zero-order valence-corrected chi connectivity index (χ0v) is 20.6. The Morgan fingerprint density at radius 1 is 1.21 bits per heavy atom. The normalized spacial score (nSPS) is 18.5. The summed E-state index contributed by atoms with van der Waals surface area (Å²) in [5, 5.41) is 0. The van der Waals surface area contributed by atoms with Crippen LogP contribution in [-0.4, -0.2) is 51.6 Å². The Labute approximate surface area is 199 Å². The summed E-state index contributed by atoms with van der Waals surface area (Å²) in [6.45, 7) is 8.24. The summed E-state index contributed by atoms with van der Waals surface area (Å²) in [6.07, 6.45) is 7.45. The van der Waals surface area contributed by atoms with Crippen LogP contribution in [0, 0.1) is 5.92 Å². The Hall–Kier alpha value is -2.19. The topological polar surface area (TPSA) is 86.3 Å². The molecule has 0 spiro atoms. The van der Waals surface area contributed by atoms with Crippen LogP contribution in [0.4, 0.5) is 5.82 Å². The van der Waals surface area contributed by atoms with Crippen molar-refractivity contribution in [3.63, 3.8) is 0 Å². The number of anilines is 1. The third-order valence-electron chi connectivity index (χ3n) is 7.36. The van der Waals surface area contributed by atoms with Crippen molar-refractivity contribution in [3.8, 4) is 0 Å². The van der Waals surface area contributed by atoms with Gasteiger partial charge in [0.05, 0.1) is 15.7 Å². The number of nitrogens with two attached hydrogens (primary N) is 1. The summed E-state index contributed by atoms with van der Waals surface area (Å²) in [4.78, 5) is 24.8. The summed E-state index contributed by atoms with van der Waals surface area (Å²) in [5.41, 5.74) is 9.48. The molecule has 33 heavy (non-hydrogen) atoms. The first-order valence-electron chi connectivity index (χ1n) is 12.5. The molecule has 7 nitrogen and oxygen atoms in total. The summed E-state index contributed by atoms with van der Waals surface area (Å²) >= 11 is 1.86. The Balaban J connectivity index is 1.55. The molecule has 2 saturated heterocycles. The SMILES string of the molecule is CCCCc1nc2c(N)nc3cc(C4CCN(C(C)=O)CC4)sc3c2n1CC1CCOCC1. The summed E-state index contributed by atoms with van der Waals surface area (Å²) < 4.78 is 9.28. The number of aromatic nitrogens is 3. The molecule has 0 aromatic carbocycles. The van der Waals surface area contributed by atoms with Gasteiger partial charge in [-0.05, 0) is 50.0 Å². The molecule has 2 N–H and O–H groups in total. The lowest BCUT2D eigenvalue weighted by molar-refractivity contribution is -0.129. The smallest absolute Gasteiger partial charge is 0.219 e. The maximum absolute atomic E-state index is 11.7. The average Bonchev–Trinajstić information content (AvgIpc) is 3.40. The van der Waals surface area contributed by atoms with Crippen LogP contribution in [0.1, 0.15) is 69.0 Å². The molecular formula is C25H35N5O2S. The van der Waals surface area contributed by atoms with E-state index < -0.39 is 0 Å². The molecule has 8 heteroatoms. The van der Waals surface area contributed by atoms with E-state index in [1.54, 1.807) is 6.92 Å². The maximum Gasteiger partial charge on any atom is 0.219 e. The standard InChI is InChI=1S/C25H35N5O2S/c1-3-4-5-21-28-22-23(30(21)15-17-8-12-32-13-9-17)24-19(27-25(22)26)14-20(33-24)18-6-10-29(11-7-18)16(2)31/h14,17-18H,3-13,15H2,1-2H3,(H2,26,27). The lowest BCUT2D eigenvalue weighted by Gasteiger charge is -2.30.